The van der Waals surface area contributed by atoms with Crippen molar-refractivity contribution in [1.29, 1.82) is 5.41 Å². The Labute approximate surface area is 195 Å². The summed E-state index contributed by atoms with van der Waals surface area (Å²) < 4.78 is 5.94. The van der Waals surface area contributed by atoms with Gasteiger partial charge >= 0.3 is 0 Å². The number of hydrogen-bond donors (Lipinski definition) is 4. The molecule has 4 rings (SSSR count). The summed E-state index contributed by atoms with van der Waals surface area (Å²) in [6.07, 6.45) is 5.12. The second-order valence-electron chi connectivity index (χ2n) is 8.34. The van der Waals surface area contributed by atoms with E-state index in [0.29, 0.717) is 6.61 Å². The van der Waals surface area contributed by atoms with E-state index in [9.17, 15) is 0 Å². The van der Waals surface area contributed by atoms with Crippen LogP contribution in [0.1, 0.15) is 17.2 Å². The van der Waals surface area contributed by atoms with Crippen LogP contribution in [0, 0.1) is 5.41 Å². The normalized spacial score (nSPS) is 18.8. The van der Waals surface area contributed by atoms with Gasteiger partial charge in [0.1, 0.15) is 18.2 Å². The maximum absolute atomic E-state index is 7.65. The summed E-state index contributed by atoms with van der Waals surface area (Å²) in [6, 6.07) is 14.0. The maximum atomic E-state index is 7.65. The van der Waals surface area contributed by atoms with Gasteiger partial charge in [-0.2, -0.15) is 0 Å². The third kappa shape index (κ3) is 6.12. The Morgan fingerprint density at radius 3 is 2.67 bits per heavy atom. The van der Waals surface area contributed by atoms with E-state index in [-0.39, 0.29) is 6.04 Å². The summed E-state index contributed by atoms with van der Waals surface area (Å²) in [5, 5.41) is 17.4. The Bertz CT molecular complexity index is 994. The van der Waals surface area contributed by atoms with Crippen LogP contribution >= 0.6 is 0 Å². The molecule has 0 saturated carbocycles. The fourth-order valence-electron chi connectivity index (χ4n) is 3.97. The standard InChI is InChI=1S/C25H33N7O/c1-27-23-8-3-19(15-20(23)17-26)24-16-25(29-18-28-24)30-21-4-6-22(7-5-21)33-14-13-32-11-9-31(2)10-12-32/h3-8,15-18,24,26-27,30H,9-14H2,1-2H3,(H,28,29). The molecule has 0 spiro atoms. The quantitative estimate of drug-likeness (QED) is 0.442. The van der Waals surface area contributed by atoms with Gasteiger partial charge in [0.25, 0.3) is 0 Å². The topological polar surface area (TPSA) is 88.0 Å². The van der Waals surface area contributed by atoms with Gasteiger partial charge in [0.05, 0.1) is 12.4 Å². The van der Waals surface area contributed by atoms with Crippen LogP contribution in [0.25, 0.3) is 0 Å². The first-order valence-corrected chi connectivity index (χ1v) is 11.4. The number of ether oxygens (including phenoxy) is 1. The van der Waals surface area contributed by atoms with Crippen molar-refractivity contribution in [3.63, 3.8) is 0 Å². The fraction of sp³-hybridized carbons (Fsp3) is 0.360. The fourth-order valence-corrected chi connectivity index (χ4v) is 3.97. The van der Waals surface area contributed by atoms with Crippen molar-refractivity contribution in [2.75, 3.05) is 64.1 Å². The smallest absolute Gasteiger partial charge is 0.130 e. The minimum absolute atomic E-state index is 0.0215. The number of piperazine rings is 1. The lowest BCUT2D eigenvalue weighted by atomic mass is 10.0. The lowest BCUT2D eigenvalue weighted by Gasteiger charge is -2.32. The zero-order valence-electron chi connectivity index (χ0n) is 19.3. The van der Waals surface area contributed by atoms with Gasteiger partial charge in [-0.25, -0.2) is 4.99 Å². The minimum atomic E-state index is -0.0215. The van der Waals surface area contributed by atoms with E-state index in [1.165, 1.54) is 6.21 Å². The SMILES string of the molecule is CNc1ccc(C2C=C(Nc3ccc(OCCN4CCN(C)CC4)cc3)N=CN2)cc1C=N. The summed E-state index contributed by atoms with van der Waals surface area (Å²) in [6.45, 7) is 6.12. The molecule has 2 aliphatic rings. The van der Waals surface area contributed by atoms with Gasteiger partial charge in [0, 0.05) is 62.9 Å². The van der Waals surface area contributed by atoms with E-state index in [1.54, 1.807) is 6.34 Å². The van der Waals surface area contributed by atoms with E-state index >= 15 is 0 Å². The highest BCUT2D eigenvalue weighted by molar-refractivity contribution is 5.86. The van der Waals surface area contributed by atoms with Crippen LogP contribution in [0.15, 0.2) is 59.4 Å². The Morgan fingerprint density at radius 2 is 1.94 bits per heavy atom. The van der Waals surface area contributed by atoms with Crippen LogP contribution in [-0.4, -0.2) is 75.8 Å². The van der Waals surface area contributed by atoms with Gasteiger partial charge in [-0.3, -0.25) is 4.90 Å². The monoisotopic (exact) mass is 447 g/mol. The Balaban J connectivity index is 1.31. The second kappa shape index (κ2) is 11.0. The van der Waals surface area contributed by atoms with Gasteiger partial charge in [0.15, 0.2) is 0 Å². The first kappa shape index (κ1) is 22.8. The molecule has 1 fully saturated rings. The van der Waals surface area contributed by atoms with Crippen LogP contribution in [-0.2, 0) is 0 Å². The molecule has 8 nitrogen and oxygen atoms in total. The zero-order chi connectivity index (χ0) is 23.0. The van der Waals surface area contributed by atoms with Crippen molar-refractivity contribution in [3.8, 4) is 5.75 Å². The van der Waals surface area contributed by atoms with E-state index in [1.807, 2.05) is 49.5 Å². The average Bonchev–Trinajstić information content (AvgIpc) is 2.86. The lowest BCUT2D eigenvalue weighted by molar-refractivity contribution is 0.134. The highest BCUT2D eigenvalue weighted by Crippen LogP contribution is 2.25. The molecule has 2 aromatic rings. The molecule has 0 amide bonds. The molecule has 2 aliphatic heterocycles. The van der Waals surface area contributed by atoms with Crippen molar-refractivity contribution < 1.29 is 4.74 Å². The summed E-state index contributed by atoms with van der Waals surface area (Å²) in [7, 11) is 4.03. The summed E-state index contributed by atoms with van der Waals surface area (Å²) in [5.41, 5.74) is 3.81. The van der Waals surface area contributed by atoms with E-state index in [4.69, 9.17) is 10.1 Å². The molecular formula is C25H33N7O. The van der Waals surface area contributed by atoms with Crippen molar-refractivity contribution >= 4 is 23.9 Å². The summed E-state index contributed by atoms with van der Waals surface area (Å²) >= 11 is 0. The Hall–Kier alpha value is -3.36. The second-order valence-corrected chi connectivity index (χ2v) is 8.34. The number of aliphatic imine (C=N–C) groups is 1. The van der Waals surface area contributed by atoms with E-state index in [2.05, 4.69) is 43.9 Å². The maximum Gasteiger partial charge on any atom is 0.130 e. The molecule has 0 radical (unpaired) electrons. The molecule has 2 aromatic carbocycles. The van der Waals surface area contributed by atoms with Crippen LogP contribution in [0.5, 0.6) is 5.75 Å². The highest BCUT2D eigenvalue weighted by atomic mass is 16.5. The minimum Gasteiger partial charge on any atom is -0.492 e. The Morgan fingerprint density at radius 1 is 1.15 bits per heavy atom. The molecule has 1 saturated heterocycles. The molecule has 1 atom stereocenters. The molecule has 4 N–H and O–H groups in total. The number of nitrogens with zero attached hydrogens (tertiary/aromatic N) is 3. The van der Waals surface area contributed by atoms with Crippen molar-refractivity contribution in [1.82, 2.24) is 15.1 Å². The van der Waals surface area contributed by atoms with Gasteiger partial charge in [0.2, 0.25) is 0 Å². The first-order chi connectivity index (χ1) is 16.1. The van der Waals surface area contributed by atoms with E-state index < -0.39 is 0 Å². The number of anilines is 2. The summed E-state index contributed by atoms with van der Waals surface area (Å²) in [5.74, 6) is 1.65. The van der Waals surface area contributed by atoms with Crippen LogP contribution < -0.4 is 20.7 Å². The molecule has 8 heteroatoms. The number of likely N-dealkylation sites (N-methyl/N-ethyl adjacent to an activating group) is 1. The van der Waals surface area contributed by atoms with Crippen LogP contribution in [0.2, 0.25) is 0 Å². The number of nitrogens with one attached hydrogen (secondary N) is 4. The highest BCUT2D eigenvalue weighted by Gasteiger charge is 2.15. The van der Waals surface area contributed by atoms with Gasteiger partial charge in [-0.1, -0.05) is 6.07 Å². The molecule has 1 unspecified atom stereocenters. The predicted molar refractivity (Wildman–Crippen MR) is 136 cm³/mol. The molecular weight excluding hydrogens is 414 g/mol. The number of rotatable bonds is 9. The van der Waals surface area contributed by atoms with E-state index in [0.717, 1.165) is 66.8 Å². The third-order valence-corrected chi connectivity index (χ3v) is 6.04. The average molecular weight is 448 g/mol. The van der Waals surface area contributed by atoms with Crippen LogP contribution in [0.4, 0.5) is 11.4 Å². The third-order valence-electron chi connectivity index (χ3n) is 6.04. The number of benzene rings is 2. The zero-order valence-corrected chi connectivity index (χ0v) is 19.3. The molecule has 2 heterocycles. The summed E-state index contributed by atoms with van der Waals surface area (Å²) in [4.78, 5) is 9.23. The van der Waals surface area contributed by atoms with Crippen molar-refractivity contribution in [3.05, 3.63) is 65.5 Å². The molecule has 0 aliphatic carbocycles. The molecule has 0 bridgehead atoms. The largest absolute Gasteiger partial charge is 0.492 e. The van der Waals surface area contributed by atoms with Crippen LogP contribution in [0.3, 0.4) is 0 Å². The first-order valence-electron chi connectivity index (χ1n) is 11.4. The molecule has 0 aromatic heterocycles. The molecule has 174 valence electrons. The van der Waals surface area contributed by atoms with Gasteiger partial charge in [-0.15, -0.1) is 0 Å². The Kier molecular flexibility index (Phi) is 7.59. The van der Waals surface area contributed by atoms with Crippen molar-refractivity contribution in [2.24, 2.45) is 4.99 Å². The molecule has 33 heavy (non-hydrogen) atoms. The lowest BCUT2D eigenvalue weighted by Crippen LogP contribution is -2.45. The van der Waals surface area contributed by atoms with Gasteiger partial charge in [-0.05, 0) is 55.1 Å². The predicted octanol–water partition coefficient (Wildman–Crippen LogP) is 2.98. The number of hydrogen-bond acceptors (Lipinski definition) is 8. The van der Waals surface area contributed by atoms with Crippen molar-refractivity contribution in [2.45, 2.75) is 6.04 Å². The van der Waals surface area contributed by atoms with Gasteiger partial charge < -0.3 is 31.0 Å².